The monoisotopic (exact) mass is 428 g/mol. The van der Waals surface area contributed by atoms with Crippen molar-refractivity contribution in [2.75, 3.05) is 5.75 Å². The van der Waals surface area contributed by atoms with Gasteiger partial charge in [-0.15, -0.1) is 0 Å². The fraction of sp³-hybridized carbons (Fsp3) is 1.00. The largest absolute Gasteiger partial charge is 1.00 e. The molecule has 0 aliphatic carbocycles. The van der Waals surface area contributed by atoms with Crippen LogP contribution in [0, 0.1) is 0 Å². The summed E-state index contributed by atoms with van der Waals surface area (Å²) < 4.78 is 31.4. The van der Waals surface area contributed by atoms with Gasteiger partial charge in [-0.05, 0) is 19.3 Å². The van der Waals surface area contributed by atoms with Crippen molar-refractivity contribution in [1.82, 2.24) is 0 Å². The first-order valence-electron chi connectivity index (χ1n) is 11.6. The molecular formula is C22H45NaO4S. The summed E-state index contributed by atoms with van der Waals surface area (Å²) in [5, 5.41) is 9.88. The van der Waals surface area contributed by atoms with Crippen LogP contribution in [-0.4, -0.2) is 29.9 Å². The minimum atomic E-state index is -4.01. The molecule has 0 saturated heterocycles. The van der Waals surface area contributed by atoms with E-state index in [2.05, 4.69) is 6.92 Å². The Morgan fingerprint density at radius 1 is 0.643 bits per heavy atom. The van der Waals surface area contributed by atoms with Crippen LogP contribution in [0.2, 0.25) is 0 Å². The van der Waals surface area contributed by atoms with Crippen molar-refractivity contribution >= 4 is 10.1 Å². The summed E-state index contributed by atoms with van der Waals surface area (Å²) in [6.07, 6.45) is 22.0. The zero-order valence-corrected chi connectivity index (χ0v) is 21.6. The van der Waals surface area contributed by atoms with Gasteiger partial charge < -0.3 is 9.66 Å². The van der Waals surface area contributed by atoms with E-state index in [0.29, 0.717) is 6.42 Å². The second-order valence-electron chi connectivity index (χ2n) is 8.15. The molecule has 1 atom stereocenters. The van der Waals surface area contributed by atoms with Gasteiger partial charge in [0.2, 0.25) is 0 Å². The summed E-state index contributed by atoms with van der Waals surface area (Å²) >= 11 is 0. The first-order valence-corrected chi connectivity index (χ1v) is 13.1. The molecule has 0 aliphatic heterocycles. The molecule has 1 N–H and O–H groups in total. The Kier molecular flexibility index (Phi) is 25.0. The summed E-state index contributed by atoms with van der Waals surface area (Å²) in [4.78, 5) is 0. The average molecular weight is 429 g/mol. The average Bonchev–Trinajstić information content (AvgIpc) is 2.60. The van der Waals surface area contributed by atoms with Crippen molar-refractivity contribution in [2.24, 2.45) is 0 Å². The second-order valence-corrected chi connectivity index (χ2v) is 9.67. The van der Waals surface area contributed by atoms with Crippen LogP contribution in [0.15, 0.2) is 0 Å². The summed E-state index contributed by atoms with van der Waals surface area (Å²) in [6, 6.07) is 0. The number of aliphatic hydroxyl groups is 1. The number of hydrogen-bond acceptors (Lipinski definition) is 4. The molecule has 6 heteroatoms. The van der Waals surface area contributed by atoms with Crippen molar-refractivity contribution < 1.29 is 47.6 Å². The molecule has 4 nitrogen and oxygen atoms in total. The zero-order chi connectivity index (χ0) is 20.2. The molecule has 0 aromatic rings. The Hall–Kier alpha value is 0.870. The van der Waals surface area contributed by atoms with E-state index in [1.54, 1.807) is 0 Å². The van der Waals surface area contributed by atoms with Gasteiger partial charge >= 0.3 is 29.6 Å². The van der Waals surface area contributed by atoms with Crippen LogP contribution in [0.5, 0.6) is 0 Å². The van der Waals surface area contributed by atoms with Gasteiger partial charge in [0, 0.05) is 5.75 Å². The maximum Gasteiger partial charge on any atom is 1.00 e. The van der Waals surface area contributed by atoms with Crippen LogP contribution < -0.4 is 29.6 Å². The predicted octanol–water partition coefficient (Wildman–Crippen LogP) is 3.33. The molecule has 1 unspecified atom stereocenters. The third kappa shape index (κ3) is 26.9. The topological polar surface area (TPSA) is 77.4 Å². The Morgan fingerprint density at radius 3 is 1.32 bits per heavy atom. The summed E-state index contributed by atoms with van der Waals surface area (Å²) in [6.45, 7) is 2.20. The Balaban J connectivity index is 0. The Morgan fingerprint density at radius 2 is 0.964 bits per heavy atom. The van der Waals surface area contributed by atoms with Gasteiger partial charge in [-0.3, -0.25) is 0 Å². The molecule has 0 fully saturated rings. The van der Waals surface area contributed by atoms with Crippen molar-refractivity contribution in [3.63, 3.8) is 0 Å². The van der Waals surface area contributed by atoms with Crippen molar-refractivity contribution in [3.8, 4) is 0 Å². The zero-order valence-electron chi connectivity index (χ0n) is 18.8. The first-order chi connectivity index (χ1) is 13.0. The molecule has 0 saturated carbocycles. The third-order valence-corrected chi connectivity index (χ3v) is 6.11. The molecule has 0 aliphatic rings. The van der Waals surface area contributed by atoms with Gasteiger partial charge in [-0.25, -0.2) is 8.42 Å². The summed E-state index contributed by atoms with van der Waals surface area (Å²) in [5.74, 6) is -0.202. The summed E-state index contributed by atoms with van der Waals surface area (Å²) in [5.41, 5.74) is 0. The van der Waals surface area contributed by atoms with Crippen LogP contribution in [0.4, 0.5) is 0 Å². The smallest absolute Gasteiger partial charge is 0.748 e. The van der Waals surface area contributed by atoms with Crippen molar-refractivity contribution in [3.05, 3.63) is 0 Å². The quantitative estimate of drug-likeness (QED) is 0.173. The van der Waals surface area contributed by atoms with Gasteiger partial charge in [-0.2, -0.15) is 0 Å². The third-order valence-electron chi connectivity index (χ3n) is 5.32. The maximum atomic E-state index is 10.5. The number of unbranched alkanes of at least 4 members (excludes halogenated alkanes) is 15. The molecule has 0 spiro atoms. The molecule has 0 aromatic carbocycles. The van der Waals surface area contributed by atoms with Crippen molar-refractivity contribution in [2.45, 2.75) is 135 Å². The fourth-order valence-corrected chi connectivity index (χ4v) is 4.11. The number of aliphatic hydroxyl groups excluding tert-OH is 1. The second kappa shape index (κ2) is 22.6. The van der Waals surface area contributed by atoms with Gasteiger partial charge in [0.1, 0.15) is 0 Å². The van der Waals surface area contributed by atoms with E-state index in [1.807, 2.05) is 0 Å². The van der Waals surface area contributed by atoms with E-state index in [0.717, 1.165) is 32.1 Å². The number of rotatable bonds is 21. The standard InChI is InChI=1S/C22H46O4S.Na/c1-2-3-16-19-22(23)20-17-14-12-10-8-6-4-5-7-9-11-13-15-18-21-27(24,25)26;/h22-23H,2-21H2,1H3,(H,24,25,26);/q;+1/p-1. The van der Waals surface area contributed by atoms with E-state index in [4.69, 9.17) is 0 Å². The Bertz CT molecular complexity index is 401. The molecule has 0 radical (unpaired) electrons. The minimum absolute atomic E-state index is 0. The molecule has 164 valence electrons. The molecule has 0 rings (SSSR count). The summed E-state index contributed by atoms with van der Waals surface area (Å²) in [7, 11) is -4.01. The molecule has 0 heterocycles. The molecule has 0 aromatic heterocycles. The van der Waals surface area contributed by atoms with Crippen LogP contribution >= 0.6 is 0 Å². The van der Waals surface area contributed by atoms with Crippen LogP contribution in [0.3, 0.4) is 0 Å². The van der Waals surface area contributed by atoms with E-state index < -0.39 is 10.1 Å². The fourth-order valence-electron chi connectivity index (χ4n) is 3.55. The normalized spacial score (nSPS) is 12.7. The molecular weight excluding hydrogens is 383 g/mol. The predicted molar refractivity (Wildman–Crippen MR) is 114 cm³/mol. The van der Waals surface area contributed by atoms with Gasteiger partial charge in [0.25, 0.3) is 0 Å². The molecule has 0 amide bonds. The van der Waals surface area contributed by atoms with Gasteiger partial charge in [0.05, 0.1) is 16.2 Å². The van der Waals surface area contributed by atoms with Crippen molar-refractivity contribution in [1.29, 1.82) is 0 Å². The van der Waals surface area contributed by atoms with Gasteiger partial charge in [-0.1, -0.05) is 110 Å². The van der Waals surface area contributed by atoms with E-state index in [1.165, 1.54) is 83.5 Å². The van der Waals surface area contributed by atoms with Crippen LogP contribution in [-0.2, 0) is 10.1 Å². The SMILES string of the molecule is CCCCCC(O)CCCCCCCCCCCCCCCCS(=O)(=O)[O-].[Na+]. The molecule has 0 bridgehead atoms. The van der Waals surface area contributed by atoms with Gasteiger partial charge in [0.15, 0.2) is 0 Å². The minimum Gasteiger partial charge on any atom is -0.748 e. The Labute approximate surface area is 197 Å². The molecule has 28 heavy (non-hydrogen) atoms. The van der Waals surface area contributed by atoms with E-state index in [-0.39, 0.29) is 41.4 Å². The maximum absolute atomic E-state index is 10.5. The number of hydrogen-bond donors (Lipinski definition) is 1. The van der Waals surface area contributed by atoms with Crippen LogP contribution in [0.25, 0.3) is 0 Å². The van der Waals surface area contributed by atoms with Crippen LogP contribution in [0.1, 0.15) is 129 Å². The van der Waals surface area contributed by atoms with E-state index in [9.17, 15) is 18.1 Å². The van der Waals surface area contributed by atoms with E-state index >= 15 is 0 Å². The first kappa shape index (κ1) is 31.1.